The number of benzene rings is 2. The SMILES string of the molecule is CCOc1ccc(CC(=O)Nc2cccc(C)c2C)cc1. The van der Waals surface area contributed by atoms with Crippen molar-refractivity contribution in [2.24, 2.45) is 0 Å². The topological polar surface area (TPSA) is 38.3 Å². The molecule has 0 saturated heterocycles. The van der Waals surface area contributed by atoms with Crippen molar-refractivity contribution in [3.05, 3.63) is 59.2 Å². The second-order valence-electron chi connectivity index (χ2n) is 5.05. The third-order valence-corrected chi connectivity index (χ3v) is 3.48. The molecule has 0 spiro atoms. The number of anilines is 1. The monoisotopic (exact) mass is 283 g/mol. The molecule has 2 aromatic carbocycles. The van der Waals surface area contributed by atoms with Crippen LogP contribution in [0.1, 0.15) is 23.6 Å². The van der Waals surface area contributed by atoms with Gasteiger partial charge >= 0.3 is 0 Å². The van der Waals surface area contributed by atoms with Crippen LogP contribution >= 0.6 is 0 Å². The van der Waals surface area contributed by atoms with Gasteiger partial charge < -0.3 is 10.1 Å². The van der Waals surface area contributed by atoms with Crippen LogP contribution in [0.2, 0.25) is 0 Å². The average molecular weight is 283 g/mol. The van der Waals surface area contributed by atoms with E-state index in [1.54, 1.807) is 0 Å². The number of rotatable bonds is 5. The molecular weight excluding hydrogens is 262 g/mol. The van der Waals surface area contributed by atoms with Crippen LogP contribution in [-0.4, -0.2) is 12.5 Å². The highest BCUT2D eigenvalue weighted by Crippen LogP contribution is 2.18. The molecule has 0 atom stereocenters. The molecule has 0 aliphatic rings. The highest BCUT2D eigenvalue weighted by atomic mass is 16.5. The van der Waals surface area contributed by atoms with E-state index in [0.717, 1.165) is 22.6 Å². The molecule has 21 heavy (non-hydrogen) atoms. The number of hydrogen-bond donors (Lipinski definition) is 1. The lowest BCUT2D eigenvalue weighted by Gasteiger charge is -2.10. The van der Waals surface area contributed by atoms with E-state index >= 15 is 0 Å². The van der Waals surface area contributed by atoms with Crippen molar-refractivity contribution in [2.45, 2.75) is 27.2 Å². The average Bonchev–Trinajstić information content (AvgIpc) is 2.46. The third kappa shape index (κ3) is 4.09. The second-order valence-corrected chi connectivity index (χ2v) is 5.05. The Morgan fingerprint density at radius 1 is 1.10 bits per heavy atom. The fourth-order valence-electron chi connectivity index (χ4n) is 2.14. The molecule has 0 aliphatic carbocycles. The van der Waals surface area contributed by atoms with Crippen molar-refractivity contribution >= 4 is 11.6 Å². The maximum atomic E-state index is 12.1. The van der Waals surface area contributed by atoms with E-state index in [1.807, 2.05) is 63.2 Å². The molecule has 2 rings (SSSR count). The van der Waals surface area contributed by atoms with E-state index in [2.05, 4.69) is 5.32 Å². The molecule has 3 nitrogen and oxygen atoms in total. The zero-order valence-corrected chi connectivity index (χ0v) is 12.8. The highest BCUT2D eigenvalue weighted by molar-refractivity contribution is 5.93. The van der Waals surface area contributed by atoms with Crippen molar-refractivity contribution in [1.29, 1.82) is 0 Å². The molecule has 1 amide bonds. The Kier molecular flexibility index (Phi) is 4.99. The molecule has 110 valence electrons. The molecule has 0 unspecified atom stereocenters. The van der Waals surface area contributed by atoms with E-state index in [1.165, 1.54) is 5.56 Å². The molecule has 2 aromatic rings. The first-order chi connectivity index (χ1) is 10.1. The minimum Gasteiger partial charge on any atom is -0.494 e. The fourth-order valence-corrected chi connectivity index (χ4v) is 2.14. The lowest BCUT2D eigenvalue weighted by atomic mass is 10.1. The van der Waals surface area contributed by atoms with Gasteiger partial charge in [0.2, 0.25) is 5.91 Å². The van der Waals surface area contributed by atoms with Gasteiger partial charge in [0.15, 0.2) is 0 Å². The standard InChI is InChI=1S/C18H21NO2/c1-4-21-16-10-8-15(9-11-16)12-18(20)19-17-7-5-6-13(2)14(17)3/h5-11H,4,12H2,1-3H3,(H,19,20). The van der Waals surface area contributed by atoms with Crippen LogP contribution < -0.4 is 10.1 Å². The van der Waals surface area contributed by atoms with Crippen molar-refractivity contribution in [3.8, 4) is 5.75 Å². The Morgan fingerprint density at radius 2 is 1.81 bits per heavy atom. The molecule has 3 heteroatoms. The molecule has 0 aromatic heterocycles. The van der Waals surface area contributed by atoms with Gasteiger partial charge in [-0.25, -0.2) is 0 Å². The first-order valence-corrected chi connectivity index (χ1v) is 7.18. The Labute approximate surface area is 126 Å². The van der Waals surface area contributed by atoms with Gasteiger partial charge in [0.25, 0.3) is 0 Å². The van der Waals surface area contributed by atoms with Crippen LogP contribution in [-0.2, 0) is 11.2 Å². The normalized spacial score (nSPS) is 10.2. The zero-order chi connectivity index (χ0) is 15.2. The van der Waals surface area contributed by atoms with E-state index in [-0.39, 0.29) is 5.91 Å². The number of ether oxygens (including phenoxy) is 1. The van der Waals surface area contributed by atoms with E-state index in [4.69, 9.17) is 4.74 Å². The van der Waals surface area contributed by atoms with Crippen molar-refractivity contribution in [2.75, 3.05) is 11.9 Å². The number of aryl methyl sites for hydroxylation is 1. The van der Waals surface area contributed by atoms with Crippen molar-refractivity contribution < 1.29 is 9.53 Å². The van der Waals surface area contributed by atoms with Gasteiger partial charge in [-0.3, -0.25) is 4.79 Å². The Bertz CT molecular complexity index is 618. The number of hydrogen-bond acceptors (Lipinski definition) is 2. The van der Waals surface area contributed by atoms with Crippen LogP contribution in [0.5, 0.6) is 5.75 Å². The molecule has 0 aliphatic heterocycles. The summed E-state index contributed by atoms with van der Waals surface area (Å²) in [6, 6.07) is 13.6. The molecule has 0 heterocycles. The minimum atomic E-state index is -0.00661. The summed E-state index contributed by atoms with van der Waals surface area (Å²) in [6.45, 7) is 6.65. The summed E-state index contributed by atoms with van der Waals surface area (Å²) in [5.41, 5.74) is 4.14. The first kappa shape index (κ1) is 15.1. The predicted octanol–water partition coefficient (Wildman–Crippen LogP) is 3.88. The largest absolute Gasteiger partial charge is 0.494 e. The molecule has 0 radical (unpaired) electrons. The first-order valence-electron chi connectivity index (χ1n) is 7.18. The van der Waals surface area contributed by atoms with Crippen molar-refractivity contribution in [3.63, 3.8) is 0 Å². The van der Waals surface area contributed by atoms with Gasteiger partial charge in [0, 0.05) is 5.69 Å². The van der Waals surface area contributed by atoms with Gasteiger partial charge in [-0.1, -0.05) is 24.3 Å². The van der Waals surface area contributed by atoms with E-state index in [9.17, 15) is 4.79 Å². The van der Waals surface area contributed by atoms with Gasteiger partial charge in [-0.05, 0) is 55.7 Å². The summed E-state index contributed by atoms with van der Waals surface area (Å²) >= 11 is 0. The number of amides is 1. The van der Waals surface area contributed by atoms with Crippen LogP contribution in [0.15, 0.2) is 42.5 Å². The van der Waals surface area contributed by atoms with Crippen LogP contribution in [0.4, 0.5) is 5.69 Å². The lowest BCUT2D eigenvalue weighted by molar-refractivity contribution is -0.115. The summed E-state index contributed by atoms with van der Waals surface area (Å²) in [5.74, 6) is 0.823. The smallest absolute Gasteiger partial charge is 0.228 e. The minimum absolute atomic E-state index is 0.00661. The molecule has 0 bridgehead atoms. The maximum Gasteiger partial charge on any atom is 0.228 e. The lowest BCUT2D eigenvalue weighted by Crippen LogP contribution is -2.15. The Hall–Kier alpha value is -2.29. The Balaban J connectivity index is 1.99. The summed E-state index contributed by atoms with van der Waals surface area (Å²) in [5, 5.41) is 2.97. The van der Waals surface area contributed by atoms with Crippen molar-refractivity contribution in [1.82, 2.24) is 0 Å². The summed E-state index contributed by atoms with van der Waals surface area (Å²) in [4.78, 5) is 12.1. The predicted molar refractivity (Wildman–Crippen MR) is 85.9 cm³/mol. The number of carbonyl (C=O) groups excluding carboxylic acids is 1. The molecule has 0 saturated carbocycles. The Morgan fingerprint density at radius 3 is 2.48 bits per heavy atom. The van der Waals surface area contributed by atoms with Crippen LogP contribution in [0, 0.1) is 13.8 Å². The second kappa shape index (κ2) is 6.93. The quantitative estimate of drug-likeness (QED) is 0.904. The summed E-state index contributed by atoms with van der Waals surface area (Å²) in [7, 11) is 0. The number of nitrogens with one attached hydrogen (secondary N) is 1. The number of carbonyl (C=O) groups is 1. The zero-order valence-electron chi connectivity index (χ0n) is 12.8. The van der Waals surface area contributed by atoms with Crippen LogP contribution in [0.3, 0.4) is 0 Å². The molecule has 0 fully saturated rings. The molecule has 1 N–H and O–H groups in total. The summed E-state index contributed by atoms with van der Waals surface area (Å²) < 4.78 is 5.39. The van der Waals surface area contributed by atoms with Gasteiger partial charge in [-0.2, -0.15) is 0 Å². The maximum absolute atomic E-state index is 12.1. The third-order valence-electron chi connectivity index (χ3n) is 3.48. The van der Waals surface area contributed by atoms with E-state index in [0.29, 0.717) is 13.0 Å². The summed E-state index contributed by atoms with van der Waals surface area (Å²) in [6.07, 6.45) is 0.361. The van der Waals surface area contributed by atoms with Gasteiger partial charge in [0.05, 0.1) is 13.0 Å². The van der Waals surface area contributed by atoms with Gasteiger partial charge in [-0.15, -0.1) is 0 Å². The van der Waals surface area contributed by atoms with E-state index < -0.39 is 0 Å². The molecular formula is C18H21NO2. The van der Waals surface area contributed by atoms with Crippen LogP contribution in [0.25, 0.3) is 0 Å². The highest BCUT2D eigenvalue weighted by Gasteiger charge is 2.07. The van der Waals surface area contributed by atoms with Gasteiger partial charge in [0.1, 0.15) is 5.75 Å². The fraction of sp³-hybridized carbons (Fsp3) is 0.278.